The molecule has 0 spiro atoms. The normalized spacial score (nSPS) is 13.3. The summed E-state index contributed by atoms with van der Waals surface area (Å²) >= 11 is 0. The molecule has 0 heterocycles. The van der Waals surface area contributed by atoms with Crippen LogP contribution in [0.2, 0.25) is 0 Å². The van der Waals surface area contributed by atoms with Crippen LogP contribution in [0.25, 0.3) is 0 Å². The van der Waals surface area contributed by atoms with E-state index in [9.17, 15) is 4.79 Å². The molecule has 1 atom stereocenters. The van der Waals surface area contributed by atoms with Gasteiger partial charge in [-0.1, -0.05) is 39.8 Å². The number of hydrogen-bond acceptors (Lipinski definition) is 2. The minimum Gasteiger partial charge on any atom is -0.496 e. The third-order valence-electron chi connectivity index (χ3n) is 2.79. The van der Waals surface area contributed by atoms with Crippen LogP contribution in [-0.4, -0.2) is 13.4 Å². The molecule has 2 nitrogen and oxygen atoms in total. The lowest BCUT2D eigenvalue weighted by Gasteiger charge is -2.21. The predicted molar refractivity (Wildman–Crippen MR) is 66.2 cm³/mol. The summed E-state index contributed by atoms with van der Waals surface area (Å²) in [5.74, 6) is 0.657. The first-order valence-corrected chi connectivity index (χ1v) is 5.54. The van der Waals surface area contributed by atoms with E-state index in [-0.39, 0.29) is 11.3 Å². The van der Waals surface area contributed by atoms with Gasteiger partial charge in [-0.25, -0.2) is 0 Å². The van der Waals surface area contributed by atoms with E-state index in [4.69, 9.17) is 4.74 Å². The molecule has 0 aromatic heterocycles. The third-order valence-corrected chi connectivity index (χ3v) is 2.79. The predicted octanol–water partition coefficient (Wildman–Crippen LogP) is 3.30. The number of carbonyl (C=O) groups excluding carboxylic acids is 1. The van der Waals surface area contributed by atoms with Gasteiger partial charge in [0.05, 0.1) is 7.11 Å². The van der Waals surface area contributed by atoms with Crippen molar-refractivity contribution in [2.45, 2.75) is 39.0 Å². The van der Waals surface area contributed by atoms with Crippen molar-refractivity contribution in [1.29, 1.82) is 0 Å². The minimum absolute atomic E-state index is 0.0869. The van der Waals surface area contributed by atoms with Crippen LogP contribution < -0.4 is 4.74 Å². The second kappa shape index (κ2) is 4.69. The first-order valence-electron chi connectivity index (χ1n) is 5.54. The highest BCUT2D eigenvalue weighted by Gasteiger charge is 2.18. The van der Waals surface area contributed by atoms with Gasteiger partial charge in [0.2, 0.25) is 0 Å². The average Bonchev–Trinajstić information content (AvgIpc) is 2.25. The zero-order chi connectivity index (χ0) is 12.3. The van der Waals surface area contributed by atoms with Crippen LogP contribution >= 0.6 is 0 Å². The highest BCUT2D eigenvalue weighted by Crippen LogP contribution is 2.31. The maximum absolute atomic E-state index is 10.9. The number of aldehydes is 1. The van der Waals surface area contributed by atoms with Crippen molar-refractivity contribution in [2.75, 3.05) is 7.11 Å². The number of ether oxygens (including phenoxy) is 1. The van der Waals surface area contributed by atoms with Crippen molar-refractivity contribution < 1.29 is 9.53 Å². The van der Waals surface area contributed by atoms with Crippen molar-refractivity contribution >= 4 is 6.29 Å². The minimum atomic E-state index is -0.128. The Morgan fingerprint density at radius 3 is 2.38 bits per heavy atom. The fraction of sp³-hybridized carbons (Fsp3) is 0.500. The molecule has 0 bridgehead atoms. The molecule has 1 aromatic rings. The van der Waals surface area contributed by atoms with Crippen LogP contribution in [-0.2, 0) is 10.2 Å². The van der Waals surface area contributed by atoms with Gasteiger partial charge in [0.15, 0.2) is 0 Å². The molecule has 0 N–H and O–H groups in total. The van der Waals surface area contributed by atoms with E-state index in [1.54, 1.807) is 7.11 Å². The van der Waals surface area contributed by atoms with E-state index >= 15 is 0 Å². The van der Waals surface area contributed by atoms with E-state index in [1.807, 2.05) is 13.0 Å². The summed E-state index contributed by atoms with van der Waals surface area (Å²) < 4.78 is 5.28. The van der Waals surface area contributed by atoms with Gasteiger partial charge in [0.25, 0.3) is 0 Å². The number of carbonyl (C=O) groups is 1. The fourth-order valence-corrected chi connectivity index (χ4v) is 1.63. The van der Waals surface area contributed by atoms with Gasteiger partial charge in [0, 0.05) is 11.5 Å². The number of benzene rings is 1. The third kappa shape index (κ3) is 2.63. The molecular formula is C14H20O2. The summed E-state index contributed by atoms with van der Waals surface area (Å²) in [5, 5.41) is 0. The fourth-order valence-electron chi connectivity index (χ4n) is 1.63. The Morgan fingerprint density at radius 1 is 1.31 bits per heavy atom. The first-order chi connectivity index (χ1) is 7.40. The van der Waals surface area contributed by atoms with Crippen LogP contribution in [0.15, 0.2) is 18.2 Å². The van der Waals surface area contributed by atoms with Crippen molar-refractivity contribution in [3.8, 4) is 5.75 Å². The maximum atomic E-state index is 10.9. The average molecular weight is 220 g/mol. The first kappa shape index (κ1) is 12.8. The molecular weight excluding hydrogens is 200 g/mol. The summed E-state index contributed by atoms with van der Waals surface area (Å²) in [6.07, 6.45) is 0.949. The van der Waals surface area contributed by atoms with Crippen molar-refractivity contribution in [3.05, 3.63) is 29.3 Å². The summed E-state index contributed by atoms with van der Waals surface area (Å²) in [6, 6.07) is 6.06. The van der Waals surface area contributed by atoms with Crippen molar-refractivity contribution in [1.82, 2.24) is 0 Å². The van der Waals surface area contributed by atoms with Crippen LogP contribution in [0.5, 0.6) is 5.75 Å². The quantitative estimate of drug-likeness (QED) is 0.731. The Balaban J connectivity index is 3.26. The summed E-state index contributed by atoms with van der Waals surface area (Å²) in [5.41, 5.74) is 2.27. The molecule has 1 aromatic carbocycles. The van der Waals surface area contributed by atoms with E-state index in [1.165, 1.54) is 5.56 Å². The molecule has 0 aliphatic rings. The van der Waals surface area contributed by atoms with Gasteiger partial charge < -0.3 is 9.53 Å². The van der Waals surface area contributed by atoms with Gasteiger partial charge in [-0.3, -0.25) is 0 Å². The topological polar surface area (TPSA) is 26.3 Å². The molecule has 0 saturated heterocycles. The van der Waals surface area contributed by atoms with Gasteiger partial charge >= 0.3 is 0 Å². The second-order valence-electron chi connectivity index (χ2n) is 5.13. The molecule has 0 amide bonds. The molecule has 1 unspecified atom stereocenters. The Hall–Kier alpha value is -1.31. The second-order valence-corrected chi connectivity index (χ2v) is 5.13. The SMILES string of the molecule is COc1ccc(C(C)(C)C)cc1C(C)C=O. The van der Waals surface area contributed by atoms with Crippen molar-refractivity contribution in [2.24, 2.45) is 0 Å². The van der Waals surface area contributed by atoms with E-state index < -0.39 is 0 Å². The van der Waals surface area contributed by atoms with E-state index in [0.717, 1.165) is 17.6 Å². The Kier molecular flexibility index (Phi) is 3.74. The Labute approximate surface area is 97.6 Å². The zero-order valence-corrected chi connectivity index (χ0v) is 10.7. The molecule has 0 aliphatic heterocycles. The molecule has 2 heteroatoms. The number of methoxy groups -OCH3 is 1. The maximum Gasteiger partial charge on any atom is 0.127 e. The van der Waals surface area contributed by atoms with Crippen LogP contribution in [0.3, 0.4) is 0 Å². The largest absolute Gasteiger partial charge is 0.496 e. The standard InChI is InChI=1S/C14H20O2/c1-10(9-15)12-8-11(14(2,3)4)6-7-13(12)16-5/h6-10H,1-5H3. The molecule has 88 valence electrons. The van der Waals surface area contributed by atoms with Gasteiger partial charge in [0.1, 0.15) is 12.0 Å². The lowest BCUT2D eigenvalue weighted by molar-refractivity contribution is -0.108. The molecule has 0 saturated carbocycles. The highest BCUT2D eigenvalue weighted by molar-refractivity contribution is 5.64. The highest BCUT2D eigenvalue weighted by atomic mass is 16.5. The van der Waals surface area contributed by atoms with Crippen LogP contribution in [0.4, 0.5) is 0 Å². The van der Waals surface area contributed by atoms with Gasteiger partial charge in [-0.05, 0) is 17.0 Å². The molecule has 16 heavy (non-hydrogen) atoms. The Bertz CT molecular complexity index is 375. The Morgan fingerprint density at radius 2 is 1.94 bits per heavy atom. The summed E-state index contributed by atoms with van der Waals surface area (Å²) in [6.45, 7) is 8.36. The van der Waals surface area contributed by atoms with Gasteiger partial charge in [-0.2, -0.15) is 0 Å². The van der Waals surface area contributed by atoms with E-state index in [2.05, 4.69) is 32.9 Å². The smallest absolute Gasteiger partial charge is 0.127 e. The van der Waals surface area contributed by atoms with Gasteiger partial charge in [-0.15, -0.1) is 0 Å². The molecule has 0 aliphatic carbocycles. The lowest BCUT2D eigenvalue weighted by Crippen LogP contribution is -2.12. The molecule has 1 rings (SSSR count). The van der Waals surface area contributed by atoms with Crippen LogP contribution in [0, 0.1) is 0 Å². The van der Waals surface area contributed by atoms with Crippen LogP contribution in [0.1, 0.15) is 44.7 Å². The number of hydrogen-bond donors (Lipinski definition) is 0. The van der Waals surface area contributed by atoms with E-state index in [0.29, 0.717) is 0 Å². The number of rotatable bonds is 3. The lowest BCUT2D eigenvalue weighted by atomic mass is 9.84. The molecule has 0 fully saturated rings. The molecule has 0 radical (unpaired) electrons. The van der Waals surface area contributed by atoms with Crippen molar-refractivity contribution in [3.63, 3.8) is 0 Å². The summed E-state index contributed by atoms with van der Waals surface area (Å²) in [7, 11) is 1.63. The zero-order valence-electron chi connectivity index (χ0n) is 10.7. The monoisotopic (exact) mass is 220 g/mol. The summed E-state index contributed by atoms with van der Waals surface area (Å²) in [4.78, 5) is 10.9.